The Morgan fingerprint density at radius 3 is 1.93 bits per heavy atom. The molecule has 43 heavy (non-hydrogen) atoms. The topological polar surface area (TPSA) is 174 Å². The fraction of sp³-hybridized carbons (Fsp3) is 0.556. The van der Waals surface area contributed by atoms with Crippen LogP contribution in [0.5, 0.6) is 5.75 Å². The lowest BCUT2D eigenvalue weighted by molar-refractivity contribution is -0.122. The highest BCUT2D eigenvalue weighted by molar-refractivity contribution is 7.99. The van der Waals surface area contributed by atoms with Gasteiger partial charge >= 0.3 is 24.1 Å². The zero-order chi connectivity index (χ0) is 31.2. The minimum Gasteiger partial charge on any atom is -0.476 e. The van der Waals surface area contributed by atoms with Gasteiger partial charge in [-0.15, -0.1) is 11.8 Å². The average Bonchev–Trinajstić information content (AvgIpc) is 2.96. The first-order chi connectivity index (χ1) is 20.7. The highest BCUT2D eigenvalue weighted by Crippen LogP contribution is 2.35. The first-order valence-corrected chi connectivity index (χ1v) is 14.1. The van der Waals surface area contributed by atoms with Crippen molar-refractivity contribution in [2.24, 2.45) is 0 Å². The minimum absolute atomic E-state index is 0.0282. The third-order valence-electron chi connectivity index (χ3n) is 5.79. The van der Waals surface area contributed by atoms with E-state index >= 15 is 0 Å². The first-order valence-electron chi connectivity index (χ1n) is 13.1. The van der Waals surface area contributed by atoms with E-state index in [1.54, 1.807) is 19.1 Å². The van der Waals surface area contributed by atoms with Crippen LogP contribution in [0.15, 0.2) is 33.5 Å². The Labute approximate surface area is 250 Å². The van der Waals surface area contributed by atoms with Gasteiger partial charge in [0.25, 0.3) is 0 Å². The zero-order valence-electron chi connectivity index (χ0n) is 24.1. The molecule has 15 nitrogen and oxygen atoms in total. The highest BCUT2D eigenvalue weighted by Gasteiger charge is 2.49. The molecule has 1 fully saturated rings. The van der Waals surface area contributed by atoms with E-state index in [0.717, 1.165) is 11.8 Å². The molecule has 1 saturated heterocycles. The van der Waals surface area contributed by atoms with Gasteiger partial charge in [-0.1, -0.05) is 0 Å². The number of rotatable bonds is 14. The summed E-state index contributed by atoms with van der Waals surface area (Å²) in [6, 6.07) is 6.21. The van der Waals surface area contributed by atoms with E-state index in [9.17, 15) is 19.2 Å². The van der Waals surface area contributed by atoms with Crippen molar-refractivity contribution in [1.82, 2.24) is 0 Å². The van der Waals surface area contributed by atoms with Crippen LogP contribution in [0.4, 0.5) is 14.4 Å². The number of benzene rings is 1. The average molecular weight is 631 g/mol. The second-order valence-corrected chi connectivity index (χ2v) is 9.95. The molecule has 0 bridgehead atoms. The standard InChI is InChI=1S/C27H34O15S/c1-16-13-21(28)39-19-14-17(5-6-18(16)19)38-24-23(42-27(31)37-12-9-34-4)22(41-26(30)36-11-8-33-3)20(15-43-24)40-25(29)35-10-7-32-2/h5-6,13-14,20,22-24H,7-12,15H2,1-4H3/t20-,22+,23-,24-/m1/s1. The van der Waals surface area contributed by atoms with Gasteiger partial charge < -0.3 is 51.8 Å². The maximum absolute atomic E-state index is 12.6. The Morgan fingerprint density at radius 1 is 0.791 bits per heavy atom. The van der Waals surface area contributed by atoms with Gasteiger partial charge in [-0.05, 0) is 24.6 Å². The Kier molecular flexibility index (Phi) is 13.7. The number of ether oxygens (including phenoxy) is 10. The molecule has 238 valence electrons. The lowest BCUT2D eigenvalue weighted by Gasteiger charge is -2.39. The Morgan fingerprint density at radius 2 is 1.35 bits per heavy atom. The van der Waals surface area contributed by atoms with Crippen molar-refractivity contribution in [1.29, 1.82) is 0 Å². The van der Waals surface area contributed by atoms with E-state index in [-0.39, 0.29) is 56.7 Å². The number of carbonyl (C=O) groups is 3. The maximum Gasteiger partial charge on any atom is 0.508 e. The lowest BCUT2D eigenvalue weighted by atomic mass is 10.1. The Balaban J connectivity index is 1.89. The molecular formula is C27H34O15S. The lowest BCUT2D eigenvalue weighted by Crippen LogP contribution is -2.56. The molecule has 2 heterocycles. The van der Waals surface area contributed by atoms with Crippen LogP contribution in [0.2, 0.25) is 0 Å². The molecule has 4 atom stereocenters. The quantitative estimate of drug-likeness (QED) is 0.129. The molecule has 0 amide bonds. The van der Waals surface area contributed by atoms with Gasteiger partial charge in [-0.2, -0.15) is 0 Å². The molecule has 0 N–H and O–H groups in total. The number of carbonyl (C=O) groups excluding carboxylic acids is 3. The van der Waals surface area contributed by atoms with Gasteiger partial charge in [0, 0.05) is 44.6 Å². The fourth-order valence-corrected chi connectivity index (χ4v) is 5.02. The summed E-state index contributed by atoms with van der Waals surface area (Å²) in [5.74, 6) is 0.278. The van der Waals surface area contributed by atoms with E-state index in [1.165, 1.54) is 33.5 Å². The molecule has 1 aromatic heterocycles. The summed E-state index contributed by atoms with van der Waals surface area (Å²) in [5.41, 5.74) is -0.575. The molecule has 0 saturated carbocycles. The predicted octanol–water partition coefficient (Wildman–Crippen LogP) is 3.06. The summed E-state index contributed by atoms with van der Waals surface area (Å²) in [5, 5.41) is 0.693. The van der Waals surface area contributed by atoms with Crippen LogP contribution >= 0.6 is 11.8 Å². The summed E-state index contributed by atoms with van der Waals surface area (Å²) in [6.45, 7) is 1.74. The Hall–Kier alpha value is -3.73. The van der Waals surface area contributed by atoms with Gasteiger partial charge in [-0.25, -0.2) is 19.2 Å². The molecule has 2 aromatic rings. The zero-order valence-corrected chi connectivity index (χ0v) is 24.9. The molecule has 3 rings (SSSR count). The first kappa shape index (κ1) is 33.8. The normalized spacial score (nSPS) is 19.7. The van der Waals surface area contributed by atoms with Gasteiger partial charge in [0.1, 0.15) is 31.2 Å². The van der Waals surface area contributed by atoms with Gasteiger partial charge in [0.05, 0.1) is 19.8 Å². The second-order valence-electron chi connectivity index (χ2n) is 8.82. The van der Waals surface area contributed by atoms with Crippen LogP contribution in [0.1, 0.15) is 5.56 Å². The van der Waals surface area contributed by atoms with Crippen molar-refractivity contribution in [3.8, 4) is 5.75 Å². The van der Waals surface area contributed by atoms with E-state index < -0.39 is 47.8 Å². The molecule has 16 heteroatoms. The molecule has 0 radical (unpaired) electrons. The summed E-state index contributed by atoms with van der Waals surface area (Å²) >= 11 is 1.10. The van der Waals surface area contributed by atoms with Crippen molar-refractivity contribution >= 4 is 41.2 Å². The second kappa shape index (κ2) is 17.4. The van der Waals surface area contributed by atoms with Crippen LogP contribution in [0, 0.1) is 6.92 Å². The monoisotopic (exact) mass is 630 g/mol. The van der Waals surface area contributed by atoms with Crippen molar-refractivity contribution in [3.05, 3.63) is 40.2 Å². The van der Waals surface area contributed by atoms with Crippen LogP contribution in [-0.4, -0.2) is 109 Å². The third kappa shape index (κ3) is 10.5. The summed E-state index contributed by atoms with van der Waals surface area (Å²) in [7, 11) is 4.28. The van der Waals surface area contributed by atoms with Crippen LogP contribution in [0.25, 0.3) is 11.0 Å². The van der Waals surface area contributed by atoms with E-state index in [0.29, 0.717) is 10.9 Å². The number of fused-ring (bicyclic) bond motifs is 1. The van der Waals surface area contributed by atoms with Crippen LogP contribution in [0.3, 0.4) is 0 Å². The maximum atomic E-state index is 12.6. The Bertz CT molecular complexity index is 1260. The number of thioether (sulfide) groups is 1. The molecule has 1 aliphatic heterocycles. The van der Waals surface area contributed by atoms with Crippen LogP contribution in [-0.2, 0) is 42.6 Å². The summed E-state index contributed by atoms with van der Waals surface area (Å²) in [6.07, 6.45) is -7.30. The van der Waals surface area contributed by atoms with Gasteiger partial charge in [0.15, 0.2) is 23.7 Å². The van der Waals surface area contributed by atoms with Gasteiger partial charge in [-0.3, -0.25) is 0 Å². The molecule has 0 unspecified atom stereocenters. The SMILES string of the molecule is COCCOC(=O)O[C@@H]1[C@@H](OC(=O)OCCOC)[C@H](OC(=O)OCCOC)CS[C@H]1Oc1ccc2c(C)cc(=O)oc2c1. The minimum atomic E-state index is -1.42. The third-order valence-corrected chi connectivity index (χ3v) is 7.01. The molecular weight excluding hydrogens is 596 g/mol. The van der Waals surface area contributed by atoms with Crippen molar-refractivity contribution in [2.45, 2.75) is 30.7 Å². The van der Waals surface area contributed by atoms with E-state index in [2.05, 4.69) is 0 Å². The van der Waals surface area contributed by atoms with E-state index in [4.69, 9.17) is 51.8 Å². The van der Waals surface area contributed by atoms with Crippen molar-refractivity contribution in [2.75, 3.05) is 66.7 Å². The van der Waals surface area contributed by atoms with Crippen LogP contribution < -0.4 is 10.4 Å². The molecule has 0 spiro atoms. The summed E-state index contributed by atoms with van der Waals surface area (Å²) < 4.78 is 57.6. The van der Waals surface area contributed by atoms with Gasteiger partial charge in [0.2, 0.25) is 0 Å². The predicted molar refractivity (Wildman–Crippen MR) is 148 cm³/mol. The number of hydrogen-bond acceptors (Lipinski definition) is 16. The molecule has 1 aliphatic rings. The molecule has 0 aliphatic carbocycles. The van der Waals surface area contributed by atoms with Crippen molar-refractivity contribution < 1.29 is 66.2 Å². The number of aryl methyl sites for hydroxylation is 1. The fourth-order valence-electron chi connectivity index (χ4n) is 3.80. The largest absolute Gasteiger partial charge is 0.508 e. The van der Waals surface area contributed by atoms with Crippen molar-refractivity contribution in [3.63, 3.8) is 0 Å². The summed E-state index contributed by atoms with van der Waals surface area (Å²) in [4.78, 5) is 49.5. The van der Waals surface area contributed by atoms with E-state index in [1.807, 2.05) is 0 Å². The smallest absolute Gasteiger partial charge is 0.476 e. The highest BCUT2D eigenvalue weighted by atomic mass is 32.2. The number of hydrogen-bond donors (Lipinski definition) is 0. The number of methoxy groups -OCH3 is 3. The molecule has 1 aromatic carbocycles.